The van der Waals surface area contributed by atoms with Crippen molar-refractivity contribution in [1.82, 2.24) is 9.97 Å². The summed E-state index contributed by atoms with van der Waals surface area (Å²) in [6.45, 7) is 2.40. The molecular formula is C19H21ClN2O3. The lowest BCUT2D eigenvalue weighted by atomic mass is 9.85. The number of fused-ring (bicyclic) bond motifs is 1. The van der Waals surface area contributed by atoms with E-state index in [1.165, 1.54) is 5.56 Å². The first-order valence-corrected chi connectivity index (χ1v) is 8.92. The lowest BCUT2D eigenvalue weighted by Crippen LogP contribution is -2.19. The van der Waals surface area contributed by atoms with E-state index in [4.69, 9.17) is 16.3 Å². The Hall–Kier alpha value is -2.14. The van der Waals surface area contributed by atoms with E-state index < -0.39 is 5.97 Å². The van der Waals surface area contributed by atoms with E-state index in [9.17, 15) is 9.90 Å². The fourth-order valence-electron chi connectivity index (χ4n) is 3.52. The van der Waals surface area contributed by atoms with Crippen LogP contribution in [0.15, 0.2) is 30.5 Å². The monoisotopic (exact) mass is 360 g/mol. The number of halogens is 1. The number of ether oxygens (including phenoxy) is 1. The SMILES string of the molecule is CCC(C(=O)O)[C@@H]1CCc2cc(OCCc3nccc(Cl)n3)ccc21. The Bertz CT molecular complexity index is 766. The van der Waals surface area contributed by atoms with Gasteiger partial charge in [-0.25, -0.2) is 9.97 Å². The van der Waals surface area contributed by atoms with E-state index in [1.807, 2.05) is 25.1 Å². The highest BCUT2D eigenvalue weighted by atomic mass is 35.5. The maximum absolute atomic E-state index is 11.4. The minimum Gasteiger partial charge on any atom is -0.493 e. The van der Waals surface area contributed by atoms with Crippen LogP contribution in [-0.4, -0.2) is 27.7 Å². The van der Waals surface area contributed by atoms with Crippen molar-refractivity contribution in [3.8, 4) is 5.75 Å². The molecule has 25 heavy (non-hydrogen) atoms. The molecule has 0 bridgehead atoms. The van der Waals surface area contributed by atoms with Crippen molar-refractivity contribution in [1.29, 1.82) is 0 Å². The van der Waals surface area contributed by atoms with Crippen molar-refractivity contribution in [2.75, 3.05) is 6.61 Å². The summed E-state index contributed by atoms with van der Waals surface area (Å²) in [5.74, 6) is 0.535. The fourth-order valence-corrected chi connectivity index (χ4v) is 3.67. The lowest BCUT2D eigenvalue weighted by molar-refractivity contribution is -0.142. The van der Waals surface area contributed by atoms with Crippen LogP contribution in [0.5, 0.6) is 5.75 Å². The number of hydrogen-bond acceptors (Lipinski definition) is 4. The Morgan fingerprint density at radius 3 is 3.00 bits per heavy atom. The molecule has 0 amide bonds. The van der Waals surface area contributed by atoms with Gasteiger partial charge in [0.25, 0.3) is 0 Å². The molecule has 0 aliphatic heterocycles. The fraction of sp³-hybridized carbons (Fsp3) is 0.421. The number of hydrogen-bond donors (Lipinski definition) is 1. The number of aromatic nitrogens is 2. The van der Waals surface area contributed by atoms with Gasteiger partial charge in [-0.15, -0.1) is 0 Å². The summed E-state index contributed by atoms with van der Waals surface area (Å²) < 4.78 is 5.81. The lowest BCUT2D eigenvalue weighted by Gasteiger charge is -2.19. The van der Waals surface area contributed by atoms with Crippen LogP contribution >= 0.6 is 11.6 Å². The topological polar surface area (TPSA) is 72.3 Å². The van der Waals surface area contributed by atoms with Crippen LogP contribution in [0.2, 0.25) is 5.15 Å². The van der Waals surface area contributed by atoms with Crippen LogP contribution in [0.25, 0.3) is 0 Å². The maximum atomic E-state index is 11.4. The Labute approximate surface area is 152 Å². The van der Waals surface area contributed by atoms with Gasteiger partial charge in [0.2, 0.25) is 0 Å². The van der Waals surface area contributed by atoms with E-state index in [0.29, 0.717) is 30.4 Å². The minimum atomic E-state index is -0.706. The van der Waals surface area contributed by atoms with Gasteiger partial charge in [0.1, 0.15) is 16.7 Å². The average molecular weight is 361 g/mol. The highest BCUT2D eigenvalue weighted by Crippen LogP contribution is 2.41. The van der Waals surface area contributed by atoms with Crippen LogP contribution < -0.4 is 4.74 Å². The Kier molecular flexibility index (Phi) is 5.53. The van der Waals surface area contributed by atoms with Crippen LogP contribution in [0.3, 0.4) is 0 Å². The summed E-state index contributed by atoms with van der Waals surface area (Å²) in [6.07, 6.45) is 4.65. The van der Waals surface area contributed by atoms with Crippen LogP contribution in [-0.2, 0) is 17.6 Å². The molecule has 0 radical (unpaired) electrons. The molecule has 2 aromatic rings. The zero-order valence-electron chi connectivity index (χ0n) is 14.1. The van der Waals surface area contributed by atoms with Gasteiger partial charge in [-0.05, 0) is 54.5 Å². The van der Waals surface area contributed by atoms with Gasteiger partial charge in [0.15, 0.2) is 0 Å². The molecular weight excluding hydrogens is 340 g/mol. The van der Waals surface area contributed by atoms with Gasteiger partial charge in [-0.1, -0.05) is 24.6 Å². The zero-order chi connectivity index (χ0) is 17.8. The van der Waals surface area contributed by atoms with Crippen molar-refractivity contribution in [2.45, 2.75) is 38.5 Å². The largest absolute Gasteiger partial charge is 0.493 e. The minimum absolute atomic E-state index is 0.103. The second kappa shape index (κ2) is 7.83. The second-order valence-corrected chi connectivity index (χ2v) is 6.64. The first-order valence-electron chi connectivity index (χ1n) is 8.54. The van der Waals surface area contributed by atoms with Crippen molar-refractivity contribution in [3.63, 3.8) is 0 Å². The third-order valence-corrected chi connectivity index (χ3v) is 4.96. The number of benzene rings is 1. The predicted octanol–water partition coefficient (Wildman–Crippen LogP) is 3.89. The summed E-state index contributed by atoms with van der Waals surface area (Å²) in [6, 6.07) is 7.61. The third kappa shape index (κ3) is 4.10. The highest BCUT2D eigenvalue weighted by molar-refractivity contribution is 6.29. The van der Waals surface area contributed by atoms with Gasteiger partial charge in [-0.2, -0.15) is 0 Å². The van der Waals surface area contributed by atoms with Crippen molar-refractivity contribution >= 4 is 17.6 Å². The summed E-state index contributed by atoms with van der Waals surface area (Å²) in [5.41, 5.74) is 2.35. The second-order valence-electron chi connectivity index (χ2n) is 6.25. The predicted molar refractivity (Wildman–Crippen MR) is 95.2 cm³/mol. The Morgan fingerprint density at radius 2 is 2.28 bits per heavy atom. The standard InChI is InChI=1S/C19H21ClN2O3/c1-2-14(19(23)24)16-5-3-12-11-13(4-6-15(12)16)25-10-8-18-21-9-7-17(20)22-18/h4,6-7,9,11,14,16H,2-3,5,8,10H2,1H3,(H,23,24)/t14?,16-/m0/s1. The first-order chi connectivity index (χ1) is 12.1. The number of rotatable bonds is 7. The number of carboxylic acid groups (broad SMARTS) is 1. The molecule has 0 saturated heterocycles. The molecule has 3 rings (SSSR count). The smallest absolute Gasteiger partial charge is 0.307 e. The quantitative estimate of drug-likeness (QED) is 0.758. The third-order valence-electron chi connectivity index (χ3n) is 4.75. The summed E-state index contributed by atoms with van der Waals surface area (Å²) in [7, 11) is 0. The molecule has 2 atom stereocenters. The summed E-state index contributed by atoms with van der Waals surface area (Å²) >= 11 is 5.84. The molecule has 1 N–H and O–H groups in total. The molecule has 6 heteroatoms. The van der Waals surface area contributed by atoms with E-state index in [-0.39, 0.29) is 11.8 Å². The van der Waals surface area contributed by atoms with Crippen LogP contribution in [0, 0.1) is 5.92 Å². The normalized spacial score (nSPS) is 17.1. The van der Waals surface area contributed by atoms with Crippen molar-refractivity contribution in [3.05, 3.63) is 52.6 Å². The highest BCUT2D eigenvalue weighted by Gasteiger charge is 2.33. The van der Waals surface area contributed by atoms with Gasteiger partial charge >= 0.3 is 5.97 Å². The molecule has 5 nitrogen and oxygen atoms in total. The molecule has 1 aliphatic carbocycles. The maximum Gasteiger partial charge on any atom is 0.307 e. The van der Waals surface area contributed by atoms with Gasteiger partial charge in [-0.3, -0.25) is 4.79 Å². The Morgan fingerprint density at radius 1 is 1.44 bits per heavy atom. The Balaban J connectivity index is 1.63. The van der Waals surface area contributed by atoms with Crippen molar-refractivity contribution in [2.24, 2.45) is 5.92 Å². The first kappa shape index (κ1) is 17.7. The van der Waals surface area contributed by atoms with E-state index in [1.54, 1.807) is 12.3 Å². The van der Waals surface area contributed by atoms with Gasteiger partial charge in [0, 0.05) is 12.6 Å². The van der Waals surface area contributed by atoms with Crippen LogP contribution in [0.4, 0.5) is 0 Å². The number of nitrogens with zero attached hydrogens (tertiary/aromatic N) is 2. The summed E-state index contributed by atoms with van der Waals surface area (Å²) in [4.78, 5) is 19.7. The van der Waals surface area contributed by atoms with Gasteiger partial charge in [0.05, 0.1) is 12.5 Å². The molecule has 1 aliphatic rings. The van der Waals surface area contributed by atoms with Crippen LogP contribution in [0.1, 0.15) is 42.6 Å². The van der Waals surface area contributed by atoms with E-state index in [2.05, 4.69) is 9.97 Å². The number of aliphatic carboxylic acids is 1. The molecule has 0 spiro atoms. The molecule has 0 saturated carbocycles. The van der Waals surface area contributed by atoms with Gasteiger partial charge < -0.3 is 9.84 Å². The molecule has 1 unspecified atom stereocenters. The average Bonchev–Trinajstić information content (AvgIpc) is 2.98. The zero-order valence-corrected chi connectivity index (χ0v) is 14.9. The summed E-state index contributed by atoms with van der Waals surface area (Å²) in [5, 5.41) is 9.84. The van der Waals surface area contributed by atoms with Crippen molar-refractivity contribution < 1.29 is 14.6 Å². The molecule has 1 heterocycles. The number of carbonyl (C=O) groups is 1. The molecule has 1 aromatic heterocycles. The van der Waals surface area contributed by atoms with E-state index >= 15 is 0 Å². The molecule has 1 aromatic carbocycles. The molecule has 0 fully saturated rings. The molecule has 132 valence electrons. The number of aryl methyl sites for hydroxylation is 1. The van der Waals surface area contributed by atoms with E-state index in [0.717, 1.165) is 24.2 Å². The number of carboxylic acids is 1.